The van der Waals surface area contributed by atoms with E-state index < -0.39 is 23.9 Å². The van der Waals surface area contributed by atoms with E-state index in [-0.39, 0.29) is 12.2 Å². The van der Waals surface area contributed by atoms with Crippen LogP contribution >= 0.6 is 0 Å². The van der Waals surface area contributed by atoms with Crippen LogP contribution in [0.1, 0.15) is 18.6 Å². The van der Waals surface area contributed by atoms with Crippen molar-refractivity contribution in [3.8, 4) is 0 Å². The van der Waals surface area contributed by atoms with E-state index in [0.717, 1.165) is 0 Å². The summed E-state index contributed by atoms with van der Waals surface area (Å²) in [6.45, 7) is 1.06. The van der Waals surface area contributed by atoms with Gasteiger partial charge in [-0.1, -0.05) is 0 Å². The summed E-state index contributed by atoms with van der Waals surface area (Å²) in [6, 6.07) is 2.83. The number of aliphatic hydroxyl groups is 3. The van der Waals surface area contributed by atoms with Crippen LogP contribution < -0.4 is 5.56 Å². The van der Waals surface area contributed by atoms with Gasteiger partial charge in [0, 0.05) is 17.8 Å². The summed E-state index contributed by atoms with van der Waals surface area (Å²) in [5, 5.41) is 29.0. The zero-order valence-electron chi connectivity index (χ0n) is 9.33. The lowest BCUT2D eigenvalue weighted by Crippen LogP contribution is -2.43. The van der Waals surface area contributed by atoms with Gasteiger partial charge in [0.25, 0.3) is 0 Å². The molecule has 17 heavy (non-hydrogen) atoms. The molecule has 4 N–H and O–H groups in total. The largest absolute Gasteiger partial charge is 0.394 e. The fraction of sp³-hybridized carbons (Fsp3) is 0.545. The standard InChI is InChI=1S/C11H15NO5/c1-11(16)9(15)7(5-13)17-10(11)6-2-3-8(14)12-4-6/h2-4,7,9-10,13,15-16H,5H2,1H3,(H,12,14)/t7-,9-,10+,11-/m1/s1. The minimum atomic E-state index is -1.51. The topological polar surface area (TPSA) is 103 Å². The average Bonchev–Trinajstić information content (AvgIpc) is 2.53. The smallest absolute Gasteiger partial charge is 0.247 e. The number of pyridine rings is 1. The van der Waals surface area contributed by atoms with E-state index in [1.165, 1.54) is 25.3 Å². The fourth-order valence-corrected chi connectivity index (χ4v) is 2.06. The first-order chi connectivity index (χ1) is 7.96. The summed E-state index contributed by atoms with van der Waals surface area (Å²) in [5.74, 6) is 0. The van der Waals surface area contributed by atoms with Gasteiger partial charge in [-0.15, -0.1) is 0 Å². The van der Waals surface area contributed by atoms with E-state index in [2.05, 4.69) is 4.98 Å². The van der Waals surface area contributed by atoms with Crippen molar-refractivity contribution in [1.29, 1.82) is 0 Å². The third-order valence-corrected chi connectivity index (χ3v) is 3.08. The predicted octanol–water partition coefficient (Wildman–Crippen LogP) is -1.08. The third kappa shape index (κ3) is 2.00. The van der Waals surface area contributed by atoms with E-state index in [0.29, 0.717) is 5.56 Å². The van der Waals surface area contributed by atoms with Gasteiger partial charge in [-0.25, -0.2) is 0 Å². The SMILES string of the molecule is C[C@@]1(O)[C@H](O)[C@@H](CO)O[C@H]1c1ccc(=O)[nH]c1. The van der Waals surface area contributed by atoms with Gasteiger partial charge in [0.05, 0.1) is 6.61 Å². The van der Waals surface area contributed by atoms with E-state index >= 15 is 0 Å². The molecule has 2 rings (SSSR count). The van der Waals surface area contributed by atoms with Gasteiger partial charge >= 0.3 is 0 Å². The van der Waals surface area contributed by atoms with E-state index in [4.69, 9.17) is 9.84 Å². The molecular formula is C11H15NO5. The second kappa shape index (κ2) is 4.23. The molecular weight excluding hydrogens is 226 g/mol. The number of ether oxygens (including phenoxy) is 1. The summed E-state index contributed by atoms with van der Waals surface area (Å²) >= 11 is 0. The molecule has 1 aliphatic heterocycles. The van der Waals surface area contributed by atoms with Crippen LogP contribution in [0.25, 0.3) is 0 Å². The molecule has 6 heteroatoms. The molecule has 0 bridgehead atoms. The predicted molar refractivity (Wildman–Crippen MR) is 58.4 cm³/mol. The molecule has 4 atom stereocenters. The summed E-state index contributed by atoms with van der Waals surface area (Å²) in [5.41, 5.74) is -1.22. The first kappa shape index (κ1) is 12.3. The van der Waals surface area contributed by atoms with Crippen LogP contribution in [0.15, 0.2) is 23.1 Å². The second-order valence-corrected chi connectivity index (χ2v) is 4.39. The molecule has 0 aliphatic carbocycles. The van der Waals surface area contributed by atoms with Gasteiger partial charge < -0.3 is 25.0 Å². The Bertz CT molecular complexity index is 435. The molecule has 6 nitrogen and oxygen atoms in total. The molecule has 0 amide bonds. The highest BCUT2D eigenvalue weighted by Gasteiger charge is 2.52. The summed E-state index contributed by atoms with van der Waals surface area (Å²) in [6.07, 6.45) is -1.37. The minimum absolute atomic E-state index is 0.259. The molecule has 1 aromatic rings. The Morgan fingerprint density at radius 1 is 1.53 bits per heavy atom. The van der Waals surface area contributed by atoms with Crippen molar-refractivity contribution in [3.05, 3.63) is 34.2 Å². The zero-order chi connectivity index (χ0) is 12.6. The Balaban J connectivity index is 2.33. The Labute approximate surface area is 97.5 Å². The van der Waals surface area contributed by atoms with Crippen LogP contribution in [0.2, 0.25) is 0 Å². The van der Waals surface area contributed by atoms with Crippen molar-refractivity contribution in [2.45, 2.75) is 30.8 Å². The Hall–Kier alpha value is -1.21. The number of aromatic amines is 1. The molecule has 1 aromatic heterocycles. The fourth-order valence-electron chi connectivity index (χ4n) is 2.06. The molecule has 94 valence electrons. The van der Waals surface area contributed by atoms with E-state index in [1.54, 1.807) is 0 Å². The molecule has 0 spiro atoms. The Morgan fingerprint density at radius 3 is 2.71 bits per heavy atom. The first-order valence-corrected chi connectivity index (χ1v) is 5.32. The normalized spacial score (nSPS) is 37.3. The van der Waals surface area contributed by atoms with Crippen LogP contribution in [0.5, 0.6) is 0 Å². The van der Waals surface area contributed by atoms with Crippen LogP contribution in [-0.4, -0.2) is 44.7 Å². The molecule has 2 heterocycles. The van der Waals surface area contributed by atoms with Crippen molar-refractivity contribution >= 4 is 0 Å². The minimum Gasteiger partial charge on any atom is -0.394 e. The molecule has 1 saturated heterocycles. The monoisotopic (exact) mass is 241 g/mol. The molecule has 1 aliphatic rings. The van der Waals surface area contributed by atoms with E-state index in [1.807, 2.05) is 0 Å². The lowest BCUT2D eigenvalue weighted by molar-refractivity contribution is -0.0646. The number of aromatic nitrogens is 1. The summed E-state index contributed by atoms with van der Waals surface area (Å²) in [7, 11) is 0. The van der Waals surface area contributed by atoms with Crippen molar-refractivity contribution in [3.63, 3.8) is 0 Å². The number of hydrogen-bond acceptors (Lipinski definition) is 5. The van der Waals surface area contributed by atoms with Crippen LogP contribution in [0.3, 0.4) is 0 Å². The van der Waals surface area contributed by atoms with Gasteiger partial charge in [0.15, 0.2) is 0 Å². The van der Waals surface area contributed by atoms with Crippen molar-refractivity contribution in [2.75, 3.05) is 6.61 Å². The van der Waals surface area contributed by atoms with Crippen molar-refractivity contribution < 1.29 is 20.1 Å². The lowest BCUT2D eigenvalue weighted by Gasteiger charge is -2.26. The van der Waals surface area contributed by atoms with Gasteiger partial charge in [-0.05, 0) is 13.0 Å². The number of hydrogen-bond donors (Lipinski definition) is 4. The number of H-pyrrole nitrogens is 1. The maximum atomic E-state index is 10.9. The molecule has 0 aromatic carbocycles. The highest BCUT2D eigenvalue weighted by atomic mass is 16.6. The molecule has 1 fully saturated rings. The Kier molecular flexibility index (Phi) is 3.05. The summed E-state index contributed by atoms with van der Waals surface area (Å²) < 4.78 is 5.39. The maximum Gasteiger partial charge on any atom is 0.247 e. The van der Waals surface area contributed by atoms with Gasteiger partial charge in [0.2, 0.25) is 5.56 Å². The Morgan fingerprint density at radius 2 is 2.24 bits per heavy atom. The van der Waals surface area contributed by atoms with Crippen LogP contribution in [0, 0.1) is 0 Å². The van der Waals surface area contributed by atoms with Gasteiger partial charge in [-0.2, -0.15) is 0 Å². The van der Waals surface area contributed by atoms with Crippen molar-refractivity contribution in [2.24, 2.45) is 0 Å². The summed E-state index contributed by atoms with van der Waals surface area (Å²) in [4.78, 5) is 13.4. The quantitative estimate of drug-likeness (QED) is 0.527. The highest BCUT2D eigenvalue weighted by molar-refractivity contribution is 5.20. The van der Waals surface area contributed by atoms with Crippen LogP contribution in [-0.2, 0) is 4.74 Å². The molecule has 0 saturated carbocycles. The highest BCUT2D eigenvalue weighted by Crippen LogP contribution is 2.40. The van der Waals surface area contributed by atoms with E-state index in [9.17, 15) is 15.0 Å². The average molecular weight is 241 g/mol. The number of nitrogens with one attached hydrogen (secondary N) is 1. The number of rotatable bonds is 2. The van der Waals surface area contributed by atoms with Gasteiger partial charge in [-0.3, -0.25) is 4.79 Å². The lowest BCUT2D eigenvalue weighted by atomic mass is 9.89. The van der Waals surface area contributed by atoms with Gasteiger partial charge in [0.1, 0.15) is 23.9 Å². The zero-order valence-corrected chi connectivity index (χ0v) is 9.33. The van der Waals surface area contributed by atoms with Crippen LogP contribution in [0.4, 0.5) is 0 Å². The second-order valence-electron chi connectivity index (χ2n) is 4.39. The molecule has 0 radical (unpaired) electrons. The first-order valence-electron chi connectivity index (χ1n) is 5.32. The number of aliphatic hydroxyl groups excluding tert-OH is 2. The van der Waals surface area contributed by atoms with Crippen molar-refractivity contribution in [1.82, 2.24) is 4.98 Å². The molecule has 0 unspecified atom stereocenters. The third-order valence-electron chi connectivity index (χ3n) is 3.08. The maximum absolute atomic E-state index is 10.9.